The average Bonchev–Trinajstić information content (AvgIpc) is 2.52. The Morgan fingerprint density at radius 3 is 2.55 bits per heavy atom. The second-order valence-electron chi connectivity index (χ2n) is 4.94. The number of rotatable bonds is 7. The Hall–Kier alpha value is -0.910. The molecule has 0 spiro atoms. The fourth-order valence-corrected chi connectivity index (χ4v) is 3.23. The van der Waals surface area contributed by atoms with Crippen LogP contribution in [-0.4, -0.2) is 49.0 Å². The van der Waals surface area contributed by atoms with Gasteiger partial charge < -0.3 is 19.9 Å². The van der Waals surface area contributed by atoms with Crippen molar-refractivity contribution in [2.24, 2.45) is 0 Å². The third-order valence-electron chi connectivity index (χ3n) is 3.37. The third kappa shape index (κ3) is 5.23. The summed E-state index contributed by atoms with van der Waals surface area (Å²) in [5.74, 6) is 3.99. The molecule has 0 saturated carbocycles. The molecule has 5 heteroatoms. The molecular weight excluding hydrogens is 274 g/mol. The zero-order valence-corrected chi connectivity index (χ0v) is 12.7. The molecule has 112 valence electrons. The molecule has 0 amide bonds. The van der Waals surface area contributed by atoms with E-state index in [1.165, 1.54) is 24.3 Å². The van der Waals surface area contributed by atoms with E-state index in [9.17, 15) is 5.11 Å². The predicted molar refractivity (Wildman–Crippen MR) is 82.8 cm³/mol. The van der Waals surface area contributed by atoms with Crippen molar-refractivity contribution in [2.45, 2.75) is 25.0 Å². The maximum Gasteiger partial charge on any atom is 0.119 e. The molecule has 0 aromatic heterocycles. The molecule has 2 N–H and O–H groups in total. The molecule has 1 aromatic rings. The maximum atomic E-state index is 9.92. The van der Waals surface area contributed by atoms with Crippen molar-refractivity contribution >= 4 is 11.8 Å². The van der Waals surface area contributed by atoms with Gasteiger partial charge in [-0.3, -0.25) is 0 Å². The van der Waals surface area contributed by atoms with Gasteiger partial charge in [0.1, 0.15) is 24.2 Å². The van der Waals surface area contributed by atoms with Gasteiger partial charge in [-0.05, 0) is 48.6 Å². The van der Waals surface area contributed by atoms with E-state index in [1.807, 2.05) is 36.0 Å². The molecule has 2 rings (SSSR count). The summed E-state index contributed by atoms with van der Waals surface area (Å²) in [5.41, 5.74) is 0. The van der Waals surface area contributed by atoms with Crippen LogP contribution in [0.5, 0.6) is 11.5 Å². The summed E-state index contributed by atoms with van der Waals surface area (Å²) in [6, 6.07) is 7.93. The van der Waals surface area contributed by atoms with E-state index in [0.29, 0.717) is 19.2 Å². The summed E-state index contributed by atoms with van der Waals surface area (Å²) in [6.07, 6.45) is 1.90. The highest BCUT2D eigenvalue weighted by Crippen LogP contribution is 2.18. The van der Waals surface area contributed by atoms with E-state index >= 15 is 0 Å². The van der Waals surface area contributed by atoms with E-state index in [4.69, 9.17) is 9.47 Å². The van der Waals surface area contributed by atoms with Gasteiger partial charge in [-0.2, -0.15) is 11.8 Å². The second kappa shape index (κ2) is 8.39. The summed E-state index contributed by atoms with van der Waals surface area (Å²) >= 11 is 2.01. The molecule has 1 saturated heterocycles. The van der Waals surface area contributed by atoms with Crippen molar-refractivity contribution in [1.29, 1.82) is 0 Å². The van der Waals surface area contributed by atoms with Crippen molar-refractivity contribution in [3.8, 4) is 11.5 Å². The van der Waals surface area contributed by atoms with Crippen LogP contribution in [0, 0.1) is 0 Å². The summed E-state index contributed by atoms with van der Waals surface area (Å²) < 4.78 is 10.6. The first-order valence-electron chi connectivity index (χ1n) is 7.04. The molecule has 0 aliphatic carbocycles. The Labute approximate surface area is 124 Å². The molecule has 0 radical (unpaired) electrons. The van der Waals surface area contributed by atoms with Crippen LogP contribution in [-0.2, 0) is 0 Å². The highest BCUT2D eigenvalue weighted by atomic mass is 32.2. The SMILES string of the molecule is COc1ccc(OCC(O)CNC2CCSCC2)cc1. The van der Waals surface area contributed by atoms with Crippen molar-refractivity contribution in [1.82, 2.24) is 5.32 Å². The van der Waals surface area contributed by atoms with Crippen LogP contribution in [0.4, 0.5) is 0 Å². The summed E-state index contributed by atoms with van der Waals surface area (Å²) in [4.78, 5) is 0. The van der Waals surface area contributed by atoms with Crippen molar-refractivity contribution < 1.29 is 14.6 Å². The molecule has 1 atom stereocenters. The van der Waals surface area contributed by atoms with Gasteiger partial charge in [-0.15, -0.1) is 0 Å². The number of aliphatic hydroxyl groups is 1. The van der Waals surface area contributed by atoms with Gasteiger partial charge >= 0.3 is 0 Å². The number of thioether (sulfide) groups is 1. The lowest BCUT2D eigenvalue weighted by atomic mass is 10.1. The highest BCUT2D eigenvalue weighted by molar-refractivity contribution is 7.99. The van der Waals surface area contributed by atoms with Gasteiger partial charge in [0.2, 0.25) is 0 Å². The van der Waals surface area contributed by atoms with Crippen LogP contribution in [0.2, 0.25) is 0 Å². The van der Waals surface area contributed by atoms with E-state index in [2.05, 4.69) is 5.32 Å². The zero-order valence-electron chi connectivity index (χ0n) is 11.9. The van der Waals surface area contributed by atoms with Crippen molar-refractivity contribution in [2.75, 3.05) is 31.8 Å². The molecule has 4 nitrogen and oxygen atoms in total. The molecule has 1 aliphatic heterocycles. The minimum Gasteiger partial charge on any atom is -0.497 e. The van der Waals surface area contributed by atoms with Crippen LogP contribution in [0.15, 0.2) is 24.3 Å². The minimum absolute atomic E-state index is 0.306. The van der Waals surface area contributed by atoms with Gasteiger partial charge in [-0.1, -0.05) is 0 Å². The Morgan fingerprint density at radius 1 is 1.25 bits per heavy atom. The van der Waals surface area contributed by atoms with E-state index in [-0.39, 0.29) is 0 Å². The van der Waals surface area contributed by atoms with Crippen molar-refractivity contribution in [3.05, 3.63) is 24.3 Å². The van der Waals surface area contributed by atoms with Crippen LogP contribution in [0.1, 0.15) is 12.8 Å². The summed E-state index contributed by atoms with van der Waals surface area (Å²) in [6.45, 7) is 0.895. The van der Waals surface area contributed by atoms with Gasteiger partial charge in [0.25, 0.3) is 0 Å². The topological polar surface area (TPSA) is 50.7 Å². The lowest BCUT2D eigenvalue weighted by Gasteiger charge is -2.24. The number of methoxy groups -OCH3 is 1. The van der Waals surface area contributed by atoms with Gasteiger partial charge in [0, 0.05) is 12.6 Å². The molecule has 1 fully saturated rings. The number of aliphatic hydroxyl groups excluding tert-OH is 1. The van der Waals surface area contributed by atoms with Gasteiger partial charge in [0.15, 0.2) is 0 Å². The highest BCUT2D eigenvalue weighted by Gasteiger charge is 2.14. The largest absolute Gasteiger partial charge is 0.497 e. The first-order valence-corrected chi connectivity index (χ1v) is 8.19. The number of hydrogen-bond donors (Lipinski definition) is 2. The van der Waals surface area contributed by atoms with Crippen LogP contribution >= 0.6 is 11.8 Å². The maximum absolute atomic E-state index is 9.92. The second-order valence-corrected chi connectivity index (χ2v) is 6.16. The number of nitrogens with one attached hydrogen (secondary N) is 1. The minimum atomic E-state index is -0.480. The monoisotopic (exact) mass is 297 g/mol. The lowest BCUT2D eigenvalue weighted by molar-refractivity contribution is 0.103. The first-order chi connectivity index (χ1) is 9.78. The van der Waals surface area contributed by atoms with Crippen LogP contribution < -0.4 is 14.8 Å². The quantitative estimate of drug-likeness (QED) is 0.805. The Balaban J connectivity index is 1.64. The molecule has 1 unspecified atom stereocenters. The average molecular weight is 297 g/mol. The third-order valence-corrected chi connectivity index (χ3v) is 4.41. The number of hydrogen-bond acceptors (Lipinski definition) is 5. The summed E-state index contributed by atoms with van der Waals surface area (Å²) in [5, 5.41) is 13.3. The van der Waals surface area contributed by atoms with E-state index in [0.717, 1.165) is 11.5 Å². The first kappa shape index (κ1) is 15.5. The standard InChI is InChI=1S/C15H23NO3S/c1-18-14-2-4-15(5-3-14)19-11-13(17)10-16-12-6-8-20-9-7-12/h2-5,12-13,16-17H,6-11H2,1H3. The van der Waals surface area contributed by atoms with Crippen LogP contribution in [0.3, 0.4) is 0 Å². The molecule has 20 heavy (non-hydrogen) atoms. The van der Waals surface area contributed by atoms with E-state index < -0.39 is 6.10 Å². The molecule has 1 aromatic carbocycles. The fraction of sp³-hybridized carbons (Fsp3) is 0.600. The molecule has 0 bridgehead atoms. The van der Waals surface area contributed by atoms with Gasteiger partial charge in [-0.25, -0.2) is 0 Å². The van der Waals surface area contributed by atoms with Crippen molar-refractivity contribution in [3.63, 3.8) is 0 Å². The number of ether oxygens (including phenoxy) is 2. The Morgan fingerprint density at radius 2 is 1.90 bits per heavy atom. The molecule has 1 heterocycles. The van der Waals surface area contributed by atoms with Gasteiger partial charge in [0.05, 0.1) is 7.11 Å². The van der Waals surface area contributed by atoms with E-state index in [1.54, 1.807) is 7.11 Å². The Kier molecular flexibility index (Phi) is 6.50. The summed E-state index contributed by atoms with van der Waals surface area (Å²) in [7, 11) is 1.63. The number of benzene rings is 1. The lowest BCUT2D eigenvalue weighted by Crippen LogP contribution is -2.39. The molecule has 1 aliphatic rings. The zero-order chi connectivity index (χ0) is 14.2. The smallest absolute Gasteiger partial charge is 0.119 e. The molecular formula is C15H23NO3S. The fourth-order valence-electron chi connectivity index (χ4n) is 2.13. The normalized spacial score (nSPS) is 17.7. The Bertz CT molecular complexity index is 379. The van der Waals surface area contributed by atoms with Crippen LogP contribution in [0.25, 0.3) is 0 Å². The predicted octanol–water partition coefficient (Wildman–Crippen LogP) is 1.92.